The van der Waals surface area contributed by atoms with E-state index in [-0.39, 0.29) is 24.5 Å². The first kappa shape index (κ1) is 31.9. The van der Waals surface area contributed by atoms with Crippen LogP contribution < -0.4 is 21.5 Å². The number of aryl methyl sites for hydroxylation is 1. The summed E-state index contributed by atoms with van der Waals surface area (Å²) >= 11 is 0. The Morgan fingerprint density at radius 1 is 0.882 bits per heavy atom. The summed E-state index contributed by atoms with van der Waals surface area (Å²) in [7, 11) is 1.47. The normalized spacial score (nSPS) is 22.4. The molecule has 4 atom stereocenters. The second-order valence-corrected chi connectivity index (χ2v) is 13.1. The van der Waals surface area contributed by atoms with Crippen LogP contribution in [0.4, 0.5) is 5.69 Å². The highest BCUT2D eigenvalue weighted by Crippen LogP contribution is 2.58. The van der Waals surface area contributed by atoms with Gasteiger partial charge in [-0.3, -0.25) is 15.0 Å². The number of phenols is 1. The van der Waals surface area contributed by atoms with Crippen LogP contribution in [0.2, 0.25) is 0 Å². The molecule has 0 bridgehead atoms. The number of methoxy groups -OCH3 is 1. The van der Waals surface area contributed by atoms with E-state index in [0.29, 0.717) is 22.5 Å². The van der Waals surface area contributed by atoms with E-state index >= 15 is 4.79 Å². The molecule has 2 fully saturated rings. The summed E-state index contributed by atoms with van der Waals surface area (Å²) < 4.78 is 9.37. The monoisotopic (exact) mass is 681 g/mol. The van der Waals surface area contributed by atoms with Crippen LogP contribution in [0, 0.1) is 18.8 Å². The first-order valence-electron chi connectivity index (χ1n) is 16.8. The summed E-state index contributed by atoms with van der Waals surface area (Å²) in [4.78, 5) is 57.9. The number of nitrogens with one attached hydrogen (secondary N) is 1. The topological polar surface area (TPSA) is 128 Å². The van der Waals surface area contributed by atoms with E-state index in [9.17, 15) is 19.5 Å². The smallest absolute Gasteiger partial charge is 0.352 e. The van der Waals surface area contributed by atoms with Crippen molar-refractivity contribution < 1.29 is 19.4 Å². The number of fused-ring (bicyclic) bond motifs is 4. The van der Waals surface area contributed by atoms with Gasteiger partial charge in [0, 0.05) is 5.92 Å². The van der Waals surface area contributed by atoms with Crippen LogP contribution in [-0.4, -0.2) is 43.0 Å². The van der Waals surface area contributed by atoms with Crippen LogP contribution >= 0.6 is 0 Å². The van der Waals surface area contributed by atoms with Crippen LogP contribution in [0.1, 0.15) is 29.2 Å². The number of anilines is 1. The Labute approximate surface area is 292 Å². The van der Waals surface area contributed by atoms with Crippen molar-refractivity contribution in [2.24, 2.45) is 11.8 Å². The molecule has 256 valence electrons. The summed E-state index contributed by atoms with van der Waals surface area (Å²) in [6.45, 7) is 2.05. The molecule has 1 saturated carbocycles. The predicted octanol–water partition coefficient (Wildman–Crippen LogP) is 4.99. The van der Waals surface area contributed by atoms with Crippen LogP contribution in [0.5, 0.6) is 11.5 Å². The number of carbonyl (C=O) groups excluding carboxylic acids is 2. The fourth-order valence-corrected chi connectivity index (χ4v) is 8.06. The molecular weight excluding hydrogens is 646 g/mol. The highest BCUT2D eigenvalue weighted by atomic mass is 16.5. The van der Waals surface area contributed by atoms with Gasteiger partial charge in [0.15, 0.2) is 11.5 Å². The largest absolute Gasteiger partial charge is 0.504 e. The Kier molecular flexibility index (Phi) is 7.63. The molecule has 3 heterocycles. The van der Waals surface area contributed by atoms with Crippen molar-refractivity contribution in [1.29, 1.82) is 0 Å². The van der Waals surface area contributed by atoms with Crippen molar-refractivity contribution in [2.75, 3.05) is 12.5 Å². The molecule has 8 rings (SSSR count). The fourth-order valence-electron chi connectivity index (χ4n) is 8.06. The highest BCUT2D eigenvalue weighted by molar-refractivity contribution is 6.12. The Bertz CT molecular complexity index is 2360. The minimum Gasteiger partial charge on any atom is -0.504 e. The minimum absolute atomic E-state index is 0.0159. The van der Waals surface area contributed by atoms with Crippen molar-refractivity contribution in [1.82, 2.24) is 18.9 Å². The number of imide groups is 1. The number of nitrogens with zero attached hydrogens (tertiary/aromatic N) is 4. The van der Waals surface area contributed by atoms with E-state index in [1.54, 1.807) is 36.4 Å². The number of rotatable bonds is 7. The molecule has 0 unspecified atom stereocenters. The summed E-state index contributed by atoms with van der Waals surface area (Å²) in [6.07, 6.45) is 5.76. The van der Waals surface area contributed by atoms with Gasteiger partial charge >= 0.3 is 11.4 Å². The van der Waals surface area contributed by atoms with E-state index in [0.717, 1.165) is 20.7 Å². The molecule has 2 aliphatic heterocycles. The molecule has 0 spiro atoms. The zero-order chi connectivity index (χ0) is 35.4. The number of para-hydroxylation sites is 1. The van der Waals surface area contributed by atoms with Gasteiger partial charge in [0.25, 0.3) is 11.8 Å². The van der Waals surface area contributed by atoms with Gasteiger partial charge in [0.1, 0.15) is 0 Å². The van der Waals surface area contributed by atoms with E-state index in [4.69, 9.17) is 4.74 Å². The molecule has 11 heteroatoms. The number of aromatic nitrogens is 3. The van der Waals surface area contributed by atoms with Crippen LogP contribution in [0.25, 0.3) is 11.8 Å². The molecule has 11 nitrogen and oxygen atoms in total. The lowest BCUT2D eigenvalue weighted by Crippen LogP contribution is -2.54. The minimum atomic E-state index is -1.40. The van der Waals surface area contributed by atoms with Gasteiger partial charge in [-0.25, -0.2) is 23.5 Å². The van der Waals surface area contributed by atoms with Crippen molar-refractivity contribution in [3.63, 3.8) is 0 Å². The van der Waals surface area contributed by atoms with E-state index in [1.807, 2.05) is 85.8 Å². The lowest BCUT2D eigenvalue weighted by molar-refractivity contribution is -0.138. The predicted molar refractivity (Wildman–Crippen MR) is 191 cm³/mol. The maximum Gasteiger partial charge on any atom is 0.352 e. The second-order valence-electron chi connectivity index (χ2n) is 13.1. The Morgan fingerprint density at radius 3 is 2.29 bits per heavy atom. The quantitative estimate of drug-likeness (QED) is 0.183. The SMILES string of the molecule is COc1cc(C=C[C@H]2C3=CCn4c(=O)n(-c5ccccc5)c(=O)n4[C@@H]3C[C@H]3C(=O)N(Nc4ccc(C)cc4)C(=O)[C@@]23c2ccccc2)ccc1O. The van der Waals surface area contributed by atoms with Gasteiger partial charge in [-0.2, -0.15) is 5.01 Å². The third-order valence-corrected chi connectivity index (χ3v) is 10.4. The van der Waals surface area contributed by atoms with Gasteiger partial charge in [0.05, 0.1) is 42.4 Å². The number of hydrazine groups is 1. The molecule has 2 amide bonds. The zero-order valence-electron chi connectivity index (χ0n) is 28.0. The zero-order valence-corrected chi connectivity index (χ0v) is 28.0. The molecular formula is C40H35N5O6. The number of hydrogen-bond donors (Lipinski definition) is 2. The van der Waals surface area contributed by atoms with Crippen LogP contribution in [-0.2, 0) is 21.5 Å². The average molecular weight is 682 g/mol. The number of allylic oxidation sites excluding steroid dienone is 3. The number of ether oxygens (including phenoxy) is 1. The number of carbonyl (C=O) groups is 2. The van der Waals surface area contributed by atoms with Crippen molar-refractivity contribution in [3.05, 3.63) is 159 Å². The first-order chi connectivity index (χ1) is 24.7. The Morgan fingerprint density at radius 2 is 1.59 bits per heavy atom. The molecule has 1 aromatic heterocycles. The average Bonchev–Trinajstić information content (AvgIpc) is 3.54. The maximum atomic E-state index is 15.1. The molecule has 4 aromatic carbocycles. The number of amides is 2. The fraction of sp³-hybridized carbons (Fsp3) is 0.200. The molecule has 1 saturated heterocycles. The number of aromatic hydroxyl groups is 1. The molecule has 1 aliphatic carbocycles. The van der Waals surface area contributed by atoms with Crippen molar-refractivity contribution in [2.45, 2.75) is 31.3 Å². The standard InChI is InChI=1S/C40H35N5O6/c1-25-13-17-28(18-14-25)41-44-36(47)32-24-33-30(21-22-42-38(49)43(39(50)45(33)42)29-11-7-4-8-12-29)31(19-15-26-16-20-34(46)35(23-26)51-2)40(32,37(44)48)27-9-5-3-6-10-27/h3-21,23,31-33,41,46H,22,24H2,1-2H3/t31-,32-,33+,40-/m0/s1. The third kappa shape index (κ3) is 4.87. The van der Waals surface area contributed by atoms with Gasteiger partial charge in [-0.1, -0.05) is 90.5 Å². The summed E-state index contributed by atoms with van der Waals surface area (Å²) in [5, 5.41) is 11.4. The summed E-state index contributed by atoms with van der Waals surface area (Å²) in [6, 6.07) is 29.7. The van der Waals surface area contributed by atoms with Crippen LogP contribution in [0.3, 0.4) is 0 Å². The summed E-state index contributed by atoms with van der Waals surface area (Å²) in [5.74, 6) is -2.21. The Balaban J connectivity index is 1.34. The molecule has 3 aliphatic rings. The molecule has 5 aromatic rings. The second kappa shape index (κ2) is 12.2. The van der Waals surface area contributed by atoms with Gasteiger partial charge in [0.2, 0.25) is 0 Å². The maximum absolute atomic E-state index is 15.1. The van der Waals surface area contributed by atoms with Crippen molar-refractivity contribution >= 4 is 23.6 Å². The lowest BCUT2D eigenvalue weighted by atomic mass is 9.54. The third-order valence-electron chi connectivity index (χ3n) is 10.4. The summed E-state index contributed by atoms with van der Waals surface area (Å²) in [5.41, 5.74) is 4.85. The van der Waals surface area contributed by atoms with E-state index in [2.05, 4.69) is 5.43 Å². The number of phenolic OH excluding ortho intramolecular Hbond substituents is 1. The van der Waals surface area contributed by atoms with Gasteiger partial charge in [-0.05, 0) is 66.4 Å². The lowest BCUT2D eigenvalue weighted by Gasteiger charge is -2.47. The number of benzene rings is 4. The highest BCUT2D eigenvalue weighted by Gasteiger charge is 2.68. The van der Waals surface area contributed by atoms with E-state index in [1.165, 1.54) is 22.5 Å². The van der Waals surface area contributed by atoms with Gasteiger partial charge < -0.3 is 9.84 Å². The number of hydrogen-bond acceptors (Lipinski definition) is 7. The van der Waals surface area contributed by atoms with Gasteiger partial charge in [-0.15, -0.1) is 0 Å². The van der Waals surface area contributed by atoms with Crippen LogP contribution in [0.15, 0.2) is 130 Å². The molecule has 0 radical (unpaired) electrons. The Hall–Kier alpha value is -6.36. The van der Waals surface area contributed by atoms with E-state index < -0.39 is 46.5 Å². The molecule has 2 N–H and O–H groups in total. The first-order valence-corrected chi connectivity index (χ1v) is 16.8. The van der Waals surface area contributed by atoms with Crippen molar-refractivity contribution in [3.8, 4) is 17.2 Å². The molecule has 51 heavy (non-hydrogen) atoms.